The molecule has 16 heteroatoms. The molecular weight excluding hydrogens is 532 g/mol. The van der Waals surface area contributed by atoms with E-state index in [1.807, 2.05) is 0 Å². The second-order valence-corrected chi connectivity index (χ2v) is 10.5. The third-order valence-corrected chi connectivity index (χ3v) is 7.28. The number of likely N-dealkylation sites (N-methyl/N-ethyl adjacent to an activating group) is 1. The molecule has 2 rings (SSSR count). The van der Waals surface area contributed by atoms with Gasteiger partial charge in [-0.1, -0.05) is 0 Å². The standard InChI is InChI=1S/C24H50N6O10/c1-29-18-16(32)9-12(8-15(28)22(36)39-21-14(27)10-13(26)19(34)20(21)35)38-24(18)40-23(37)17(33)7-11(3-6-31)30-5-2-4-25/h7,11-16,18-24,29-37H,2-6,8-10,25-28H2,1H3/b17-7-/t11-,12+,13-,14?,15?,16?,18?,19?,20-,21-,22-,23-,24?/m1/s1. The SMILES string of the molecule is CNC1C(O)C[C@H](CC(N)[C@H](O)O[C@@H]2C(N)C[C@@H](N)C(O)[C@H]2O)OC1O[C@@H](O)/C(O)=C/[C@@H](CCO)NCCCN. The van der Waals surface area contributed by atoms with Gasteiger partial charge in [0, 0.05) is 31.2 Å². The molecule has 17 N–H and O–H groups in total. The summed E-state index contributed by atoms with van der Waals surface area (Å²) in [5.74, 6) is -0.515. The summed E-state index contributed by atoms with van der Waals surface area (Å²) in [6, 6.07) is -3.75. The summed E-state index contributed by atoms with van der Waals surface area (Å²) in [6.07, 6.45) is -7.65. The Labute approximate surface area is 234 Å². The van der Waals surface area contributed by atoms with Crippen molar-refractivity contribution in [2.75, 3.05) is 26.7 Å². The molecule has 6 unspecified atom stereocenters. The number of nitrogens with one attached hydrogen (secondary N) is 2. The van der Waals surface area contributed by atoms with Gasteiger partial charge in [-0.3, -0.25) is 0 Å². The van der Waals surface area contributed by atoms with Crippen LogP contribution in [0.2, 0.25) is 0 Å². The molecule has 0 aromatic carbocycles. The van der Waals surface area contributed by atoms with E-state index < -0.39 is 85.4 Å². The molecule has 16 nitrogen and oxygen atoms in total. The normalized spacial score (nSPS) is 36.7. The largest absolute Gasteiger partial charge is 0.507 e. The van der Waals surface area contributed by atoms with Crippen molar-refractivity contribution in [1.82, 2.24) is 10.6 Å². The average molecular weight is 583 g/mol. The summed E-state index contributed by atoms with van der Waals surface area (Å²) in [6.45, 7) is 0.853. The predicted octanol–water partition coefficient (Wildman–Crippen LogP) is -5.28. The van der Waals surface area contributed by atoms with Crippen molar-refractivity contribution < 1.29 is 50.0 Å². The molecule has 236 valence electrons. The van der Waals surface area contributed by atoms with E-state index >= 15 is 0 Å². The third kappa shape index (κ3) is 10.0. The van der Waals surface area contributed by atoms with E-state index in [1.165, 1.54) is 6.08 Å². The van der Waals surface area contributed by atoms with Crippen LogP contribution in [0.5, 0.6) is 0 Å². The Morgan fingerprint density at radius 1 is 1.10 bits per heavy atom. The molecule has 1 aliphatic heterocycles. The molecule has 0 aromatic heterocycles. The minimum Gasteiger partial charge on any atom is -0.507 e. The van der Waals surface area contributed by atoms with Crippen LogP contribution in [0.15, 0.2) is 11.8 Å². The Morgan fingerprint density at radius 3 is 2.42 bits per heavy atom. The van der Waals surface area contributed by atoms with Gasteiger partial charge in [-0.25, -0.2) is 0 Å². The molecule has 2 fully saturated rings. The molecule has 40 heavy (non-hydrogen) atoms. The second kappa shape index (κ2) is 17.2. The number of rotatable bonds is 16. The van der Waals surface area contributed by atoms with Crippen LogP contribution < -0.4 is 33.6 Å². The van der Waals surface area contributed by atoms with Crippen LogP contribution >= 0.6 is 0 Å². The Balaban J connectivity index is 2.00. The number of hydrogen-bond acceptors (Lipinski definition) is 16. The first-order valence-corrected chi connectivity index (χ1v) is 13.7. The van der Waals surface area contributed by atoms with Gasteiger partial charge in [0.25, 0.3) is 0 Å². The van der Waals surface area contributed by atoms with Crippen LogP contribution in [-0.4, -0.2) is 142 Å². The molecule has 0 radical (unpaired) electrons. The van der Waals surface area contributed by atoms with Crippen LogP contribution in [0.1, 0.15) is 32.1 Å². The average Bonchev–Trinajstić information content (AvgIpc) is 2.89. The quantitative estimate of drug-likeness (QED) is 0.0459. The van der Waals surface area contributed by atoms with E-state index in [0.29, 0.717) is 19.5 Å². The van der Waals surface area contributed by atoms with Gasteiger partial charge in [0.1, 0.15) is 18.0 Å². The highest BCUT2D eigenvalue weighted by atomic mass is 16.7. The van der Waals surface area contributed by atoms with Crippen molar-refractivity contribution in [2.24, 2.45) is 22.9 Å². The van der Waals surface area contributed by atoms with Gasteiger partial charge in [0.05, 0.1) is 30.4 Å². The lowest BCUT2D eigenvalue weighted by Gasteiger charge is -2.42. The summed E-state index contributed by atoms with van der Waals surface area (Å²) in [5, 5.41) is 77.7. The van der Waals surface area contributed by atoms with Gasteiger partial charge in [0.15, 0.2) is 12.6 Å². The molecule has 0 amide bonds. The highest BCUT2D eigenvalue weighted by Crippen LogP contribution is 2.27. The Kier molecular flexibility index (Phi) is 15.1. The third-order valence-electron chi connectivity index (χ3n) is 7.28. The van der Waals surface area contributed by atoms with Gasteiger partial charge in [-0.2, -0.15) is 0 Å². The fourth-order valence-corrected chi connectivity index (χ4v) is 4.93. The van der Waals surface area contributed by atoms with Crippen molar-refractivity contribution in [2.45, 2.75) is 112 Å². The maximum atomic E-state index is 10.7. The zero-order valence-corrected chi connectivity index (χ0v) is 22.9. The van der Waals surface area contributed by atoms with E-state index in [0.717, 1.165) is 0 Å². The molecule has 0 aromatic rings. The van der Waals surface area contributed by atoms with Gasteiger partial charge in [-0.05, 0) is 51.9 Å². The van der Waals surface area contributed by atoms with Crippen LogP contribution in [0.4, 0.5) is 0 Å². The molecule has 1 saturated carbocycles. The number of nitrogens with two attached hydrogens (primary N) is 4. The molecular formula is C24H50N6O10. The predicted molar refractivity (Wildman–Crippen MR) is 143 cm³/mol. The van der Waals surface area contributed by atoms with Gasteiger partial charge in [-0.15, -0.1) is 0 Å². The molecule has 1 saturated heterocycles. The molecule has 0 spiro atoms. The van der Waals surface area contributed by atoms with Gasteiger partial charge in [0.2, 0.25) is 6.29 Å². The van der Waals surface area contributed by atoms with Crippen molar-refractivity contribution in [3.8, 4) is 0 Å². The molecule has 0 bridgehead atoms. The number of ether oxygens (including phenoxy) is 3. The Morgan fingerprint density at radius 2 is 1.80 bits per heavy atom. The van der Waals surface area contributed by atoms with Crippen LogP contribution in [0.3, 0.4) is 0 Å². The monoisotopic (exact) mass is 582 g/mol. The minimum absolute atomic E-state index is 0.0177. The van der Waals surface area contributed by atoms with Crippen molar-refractivity contribution in [3.63, 3.8) is 0 Å². The van der Waals surface area contributed by atoms with E-state index in [4.69, 9.17) is 37.1 Å². The fraction of sp³-hybridized carbons (Fsp3) is 0.917. The zero-order chi connectivity index (χ0) is 30.0. The van der Waals surface area contributed by atoms with E-state index in [-0.39, 0.29) is 32.3 Å². The summed E-state index contributed by atoms with van der Waals surface area (Å²) in [5.41, 5.74) is 23.4. The summed E-state index contributed by atoms with van der Waals surface area (Å²) in [4.78, 5) is 0. The lowest BCUT2D eigenvalue weighted by atomic mass is 9.84. The minimum atomic E-state index is -1.81. The number of hydrogen-bond donors (Lipinski definition) is 13. The van der Waals surface area contributed by atoms with E-state index in [9.17, 15) is 35.7 Å². The first-order chi connectivity index (χ1) is 18.9. The number of aliphatic hydroxyl groups excluding tert-OH is 7. The lowest BCUT2D eigenvalue weighted by Crippen LogP contribution is -2.63. The highest BCUT2D eigenvalue weighted by molar-refractivity contribution is 5.02. The Hall–Kier alpha value is -1.06. The smallest absolute Gasteiger partial charge is 0.216 e. The highest BCUT2D eigenvalue weighted by Gasteiger charge is 2.44. The van der Waals surface area contributed by atoms with Crippen LogP contribution in [0, 0.1) is 0 Å². The zero-order valence-electron chi connectivity index (χ0n) is 22.9. The van der Waals surface area contributed by atoms with Crippen LogP contribution in [0.25, 0.3) is 0 Å². The van der Waals surface area contributed by atoms with E-state index in [2.05, 4.69) is 10.6 Å². The molecule has 2 aliphatic rings. The van der Waals surface area contributed by atoms with E-state index in [1.54, 1.807) is 7.05 Å². The maximum Gasteiger partial charge on any atom is 0.216 e. The van der Waals surface area contributed by atoms with Gasteiger partial charge < -0.3 is 83.5 Å². The van der Waals surface area contributed by atoms with Crippen molar-refractivity contribution in [1.29, 1.82) is 0 Å². The topological polar surface area (TPSA) is 297 Å². The summed E-state index contributed by atoms with van der Waals surface area (Å²) < 4.78 is 16.9. The summed E-state index contributed by atoms with van der Waals surface area (Å²) in [7, 11) is 1.57. The van der Waals surface area contributed by atoms with Gasteiger partial charge >= 0.3 is 0 Å². The summed E-state index contributed by atoms with van der Waals surface area (Å²) >= 11 is 0. The second-order valence-electron chi connectivity index (χ2n) is 10.5. The molecule has 13 atom stereocenters. The van der Waals surface area contributed by atoms with Crippen molar-refractivity contribution >= 4 is 0 Å². The Bertz CT molecular complexity index is 757. The fourth-order valence-electron chi connectivity index (χ4n) is 4.93. The lowest BCUT2D eigenvalue weighted by molar-refractivity contribution is -0.281. The van der Waals surface area contributed by atoms with Crippen LogP contribution in [-0.2, 0) is 14.2 Å². The molecule has 1 heterocycles. The molecule has 1 aliphatic carbocycles. The number of aliphatic hydroxyl groups is 7. The first-order valence-electron chi connectivity index (χ1n) is 13.7. The first kappa shape index (κ1) is 35.1. The maximum absolute atomic E-state index is 10.7. The van der Waals surface area contributed by atoms with Crippen molar-refractivity contribution in [3.05, 3.63) is 11.8 Å².